The van der Waals surface area contributed by atoms with Gasteiger partial charge < -0.3 is 5.32 Å². The molecule has 1 unspecified atom stereocenters. The van der Waals surface area contributed by atoms with Gasteiger partial charge in [0, 0.05) is 24.2 Å². The summed E-state index contributed by atoms with van der Waals surface area (Å²) >= 11 is 1.68. The number of nitrogens with zero attached hydrogens (tertiary/aromatic N) is 2. The standard InChI is InChI=1S/C17H23N3S/c1-12(2)14-5-7-15(8-6-14)16(18-4)11-21-17-19-9-13(3)10-20-17/h5-10,12,16,18H,11H2,1-4H3. The van der Waals surface area contributed by atoms with Crippen LogP contribution in [-0.2, 0) is 0 Å². The lowest BCUT2D eigenvalue weighted by molar-refractivity contribution is 0.660. The Morgan fingerprint density at radius 1 is 1.05 bits per heavy atom. The van der Waals surface area contributed by atoms with Gasteiger partial charge in [-0.05, 0) is 36.6 Å². The Hall–Kier alpha value is -1.39. The van der Waals surface area contributed by atoms with Crippen LogP contribution in [0.25, 0.3) is 0 Å². The van der Waals surface area contributed by atoms with Crippen molar-refractivity contribution >= 4 is 11.8 Å². The third-order valence-electron chi connectivity index (χ3n) is 3.49. The van der Waals surface area contributed by atoms with Gasteiger partial charge in [0.15, 0.2) is 5.16 Å². The van der Waals surface area contributed by atoms with E-state index in [2.05, 4.69) is 53.4 Å². The molecular formula is C17H23N3S. The minimum absolute atomic E-state index is 0.307. The summed E-state index contributed by atoms with van der Waals surface area (Å²) in [5.41, 5.74) is 3.78. The summed E-state index contributed by atoms with van der Waals surface area (Å²) in [6.45, 7) is 6.44. The summed E-state index contributed by atoms with van der Waals surface area (Å²) in [5, 5.41) is 4.21. The van der Waals surface area contributed by atoms with E-state index in [1.165, 1.54) is 11.1 Å². The fourth-order valence-electron chi connectivity index (χ4n) is 2.07. The zero-order valence-corrected chi connectivity index (χ0v) is 13.9. The number of thioether (sulfide) groups is 1. The first kappa shape index (κ1) is 16.0. The van der Waals surface area contributed by atoms with Gasteiger partial charge in [0.2, 0.25) is 0 Å². The lowest BCUT2D eigenvalue weighted by Crippen LogP contribution is -2.18. The highest BCUT2D eigenvalue weighted by Gasteiger charge is 2.11. The molecule has 0 saturated heterocycles. The third kappa shape index (κ3) is 4.55. The molecule has 1 aromatic carbocycles. The number of rotatable bonds is 6. The molecule has 4 heteroatoms. The Balaban J connectivity index is 2.00. The fourth-order valence-corrected chi connectivity index (χ4v) is 3.00. The molecule has 1 atom stereocenters. The predicted molar refractivity (Wildman–Crippen MR) is 89.8 cm³/mol. The Morgan fingerprint density at radius 3 is 2.14 bits per heavy atom. The second-order valence-electron chi connectivity index (χ2n) is 5.52. The van der Waals surface area contributed by atoms with Crippen LogP contribution in [0.15, 0.2) is 41.8 Å². The molecule has 0 bridgehead atoms. The molecule has 2 aromatic rings. The van der Waals surface area contributed by atoms with Gasteiger partial charge in [0.05, 0.1) is 0 Å². The summed E-state index contributed by atoms with van der Waals surface area (Å²) in [6.07, 6.45) is 3.72. The van der Waals surface area contributed by atoms with Crippen molar-refractivity contribution in [2.45, 2.75) is 37.9 Å². The molecule has 0 aliphatic rings. The molecule has 1 N–H and O–H groups in total. The van der Waals surface area contributed by atoms with E-state index in [0.29, 0.717) is 12.0 Å². The normalized spacial score (nSPS) is 12.6. The molecule has 0 amide bonds. The fraction of sp³-hybridized carbons (Fsp3) is 0.412. The van der Waals surface area contributed by atoms with Crippen LogP contribution in [-0.4, -0.2) is 22.8 Å². The van der Waals surface area contributed by atoms with E-state index < -0.39 is 0 Å². The highest BCUT2D eigenvalue weighted by molar-refractivity contribution is 7.99. The van der Waals surface area contributed by atoms with E-state index in [0.717, 1.165) is 16.5 Å². The summed E-state index contributed by atoms with van der Waals surface area (Å²) < 4.78 is 0. The van der Waals surface area contributed by atoms with Crippen molar-refractivity contribution in [3.05, 3.63) is 53.3 Å². The van der Waals surface area contributed by atoms with Crippen molar-refractivity contribution in [1.29, 1.82) is 0 Å². The lowest BCUT2D eigenvalue weighted by atomic mass is 10.00. The average molecular weight is 301 g/mol. The zero-order valence-electron chi connectivity index (χ0n) is 13.1. The number of hydrogen-bond donors (Lipinski definition) is 1. The van der Waals surface area contributed by atoms with Crippen molar-refractivity contribution in [2.75, 3.05) is 12.8 Å². The zero-order chi connectivity index (χ0) is 15.2. The SMILES string of the molecule is CNC(CSc1ncc(C)cn1)c1ccc(C(C)C)cc1. The van der Waals surface area contributed by atoms with E-state index in [9.17, 15) is 0 Å². The molecule has 1 heterocycles. The van der Waals surface area contributed by atoms with Gasteiger partial charge in [-0.25, -0.2) is 9.97 Å². The van der Waals surface area contributed by atoms with Crippen LogP contribution < -0.4 is 5.32 Å². The monoisotopic (exact) mass is 301 g/mol. The molecule has 0 fully saturated rings. The van der Waals surface area contributed by atoms with Gasteiger partial charge in [0.1, 0.15) is 0 Å². The molecule has 2 rings (SSSR count). The van der Waals surface area contributed by atoms with Gasteiger partial charge in [-0.3, -0.25) is 0 Å². The summed E-state index contributed by atoms with van der Waals surface area (Å²) in [6, 6.07) is 9.18. The van der Waals surface area contributed by atoms with Crippen molar-refractivity contribution in [3.8, 4) is 0 Å². The summed E-state index contributed by atoms with van der Waals surface area (Å²) in [7, 11) is 2.00. The van der Waals surface area contributed by atoms with Gasteiger partial charge in [-0.2, -0.15) is 0 Å². The maximum atomic E-state index is 4.34. The van der Waals surface area contributed by atoms with Gasteiger partial charge in [0.25, 0.3) is 0 Å². The summed E-state index contributed by atoms with van der Waals surface area (Å²) in [5.74, 6) is 1.49. The second kappa shape index (κ2) is 7.57. The van der Waals surface area contributed by atoms with Gasteiger partial charge in [-0.1, -0.05) is 49.9 Å². The number of aromatic nitrogens is 2. The first-order valence-corrected chi connectivity index (χ1v) is 8.27. The summed E-state index contributed by atoms with van der Waals surface area (Å²) in [4.78, 5) is 8.68. The molecule has 0 aliphatic carbocycles. The van der Waals surface area contributed by atoms with E-state index in [4.69, 9.17) is 0 Å². The molecule has 21 heavy (non-hydrogen) atoms. The molecule has 0 radical (unpaired) electrons. The van der Waals surface area contributed by atoms with Crippen LogP contribution in [0.3, 0.4) is 0 Å². The van der Waals surface area contributed by atoms with Crippen LogP contribution in [0.1, 0.15) is 42.5 Å². The van der Waals surface area contributed by atoms with E-state index >= 15 is 0 Å². The van der Waals surface area contributed by atoms with E-state index in [1.54, 1.807) is 11.8 Å². The Kier molecular flexibility index (Phi) is 5.76. The van der Waals surface area contributed by atoms with Crippen molar-refractivity contribution in [1.82, 2.24) is 15.3 Å². The maximum absolute atomic E-state index is 4.34. The molecule has 0 spiro atoms. The first-order valence-electron chi connectivity index (χ1n) is 7.28. The number of aryl methyl sites for hydroxylation is 1. The van der Waals surface area contributed by atoms with E-state index in [-0.39, 0.29) is 0 Å². The minimum atomic E-state index is 0.307. The minimum Gasteiger partial charge on any atom is -0.312 e. The van der Waals surface area contributed by atoms with Crippen LogP contribution in [0.5, 0.6) is 0 Å². The van der Waals surface area contributed by atoms with Gasteiger partial charge >= 0.3 is 0 Å². The molecule has 112 valence electrons. The Labute approximate surface area is 131 Å². The average Bonchev–Trinajstić information content (AvgIpc) is 2.50. The Bertz CT molecular complexity index is 549. The van der Waals surface area contributed by atoms with Crippen LogP contribution in [0.4, 0.5) is 0 Å². The number of hydrogen-bond acceptors (Lipinski definition) is 4. The first-order chi connectivity index (χ1) is 10.1. The number of benzene rings is 1. The second-order valence-corrected chi connectivity index (χ2v) is 6.50. The largest absolute Gasteiger partial charge is 0.312 e. The highest BCUT2D eigenvalue weighted by Crippen LogP contribution is 2.23. The third-order valence-corrected chi connectivity index (χ3v) is 4.46. The van der Waals surface area contributed by atoms with Crippen LogP contribution >= 0.6 is 11.8 Å². The van der Waals surface area contributed by atoms with Crippen molar-refractivity contribution in [3.63, 3.8) is 0 Å². The van der Waals surface area contributed by atoms with Crippen LogP contribution in [0.2, 0.25) is 0 Å². The molecular weight excluding hydrogens is 278 g/mol. The molecule has 0 saturated carbocycles. The predicted octanol–water partition coefficient (Wildman–Crippen LogP) is 3.96. The quantitative estimate of drug-likeness (QED) is 0.647. The molecule has 3 nitrogen and oxygen atoms in total. The van der Waals surface area contributed by atoms with Crippen LogP contribution in [0, 0.1) is 6.92 Å². The smallest absolute Gasteiger partial charge is 0.187 e. The highest BCUT2D eigenvalue weighted by atomic mass is 32.2. The maximum Gasteiger partial charge on any atom is 0.187 e. The lowest BCUT2D eigenvalue weighted by Gasteiger charge is -2.17. The van der Waals surface area contributed by atoms with Gasteiger partial charge in [-0.15, -0.1) is 0 Å². The van der Waals surface area contributed by atoms with E-state index in [1.807, 2.05) is 26.4 Å². The number of nitrogens with one attached hydrogen (secondary N) is 1. The topological polar surface area (TPSA) is 37.8 Å². The molecule has 0 aliphatic heterocycles. The van der Waals surface area contributed by atoms with Crippen molar-refractivity contribution < 1.29 is 0 Å². The van der Waals surface area contributed by atoms with Crippen molar-refractivity contribution in [2.24, 2.45) is 0 Å². The molecule has 1 aromatic heterocycles. The Morgan fingerprint density at radius 2 is 1.62 bits per heavy atom.